The molecule has 0 aromatic heterocycles. The maximum atomic E-state index is 11.6. The molecule has 0 aliphatic heterocycles. The molecule has 0 spiro atoms. The van der Waals surface area contributed by atoms with Crippen LogP contribution in [-0.4, -0.2) is 13.0 Å². The van der Waals surface area contributed by atoms with Crippen molar-refractivity contribution >= 4 is 31.7 Å². The number of hydrogen-bond donors (Lipinski definition) is 2. The molecule has 0 saturated carbocycles. The van der Waals surface area contributed by atoms with E-state index in [-0.39, 0.29) is 11.0 Å². The highest BCUT2D eigenvalue weighted by atomic mass is 32.2. The van der Waals surface area contributed by atoms with Crippen LogP contribution in [0.3, 0.4) is 0 Å². The van der Waals surface area contributed by atoms with E-state index in [0.29, 0.717) is 10.9 Å². The highest BCUT2D eigenvalue weighted by molar-refractivity contribution is 7.86. The Hall–Kier alpha value is -1.95. The van der Waals surface area contributed by atoms with Crippen LogP contribution in [0.4, 0.5) is 0 Å². The second kappa shape index (κ2) is 4.86. The van der Waals surface area contributed by atoms with Crippen molar-refractivity contribution in [2.24, 2.45) is 0 Å². The van der Waals surface area contributed by atoms with E-state index in [1.807, 2.05) is 36.4 Å². The first-order valence-corrected chi connectivity index (χ1v) is 7.30. The lowest BCUT2D eigenvalue weighted by molar-refractivity contribution is 0.483. The largest absolute Gasteiger partial charge is 0.344 e. The van der Waals surface area contributed by atoms with Crippen molar-refractivity contribution in [2.45, 2.75) is 11.8 Å². The van der Waals surface area contributed by atoms with E-state index in [9.17, 15) is 13.0 Å². The van der Waals surface area contributed by atoms with Crippen molar-refractivity contribution < 1.29 is 13.0 Å². The van der Waals surface area contributed by atoms with E-state index in [2.05, 4.69) is 0 Å². The highest BCUT2D eigenvalue weighted by Gasteiger charge is 2.17. The number of benzene rings is 3. The summed E-state index contributed by atoms with van der Waals surface area (Å²) in [6.07, 6.45) is 0. The van der Waals surface area contributed by atoms with Gasteiger partial charge in [0.2, 0.25) is 0 Å². The van der Waals surface area contributed by atoms with Gasteiger partial charge in [-0.05, 0) is 40.8 Å². The van der Waals surface area contributed by atoms with Crippen LogP contribution >= 0.6 is 0 Å². The number of aryl methyl sites for hydroxylation is 1. The first-order valence-electron chi connectivity index (χ1n) is 5.86. The van der Waals surface area contributed by atoms with Crippen molar-refractivity contribution in [2.75, 3.05) is 0 Å². The van der Waals surface area contributed by atoms with Crippen LogP contribution < -0.4 is 6.15 Å². The lowest BCUT2D eigenvalue weighted by Gasteiger charge is -2.09. The number of rotatable bonds is 1. The molecule has 0 amide bonds. The molecule has 0 unspecified atom stereocenters. The summed E-state index contributed by atoms with van der Waals surface area (Å²) in [7, 11) is -4.23. The minimum atomic E-state index is -4.23. The molecule has 4 N–H and O–H groups in total. The molecule has 0 aliphatic rings. The summed E-state index contributed by atoms with van der Waals surface area (Å²) in [5.41, 5.74) is 0.547. The van der Waals surface area contributed by atoms with Gasteiger partial charge in [-0.1, -0.05) is 36.4 Å². The SMILES string of the molecule is Cc1ccc2cc3ccccc3cc2c1S(=O)(=O)O.N. The average molecular weight is 289 g/mol. The molecule has 0 aliphatic carbocycles. The Morgan fingerprint density at radius 2 is 1.50 bits per heavy atom. The van der Waals surface area contributed by atoms with Gasteiger partial charge in [0.1, 0.15) is 4.90 Å². The van der Waals surface area contributed by atoms with Crippen LogP contribution in [0.15, 0.2) is 53.4 Å². The molecule has 20 heavy (non-hydrogen) atoms. The Kier molecular flexibility index (Phi) is 3.52. The molecular formula is C15H15NO3S. The molecule has 3 aromatic carbocycles. The predicted octanol–water partition coefficient (Wildman–Crippen LogP) is 3.71. The van der Waals surface area contributed by atoms with Crippen LogP contribution in [-0.2, 0) is 10.1 Å². The van der Waals surface area contributed by atoms with Crippen molar-refractivity contribution in [3.63, 3.8) is 0 Å². The van der Waals surface area contributed by atoms with E-state index < -0.39 is 10.1 Å². The van der Waals surface area contributed by atoms with E-state index >= 15 is 0 Å². The Morgan fingerprint density at radius 1 is 0.900 bits per heavy atom. The Balaban J connectivity index is 0.00000147. The highest BCUT2D eigenvalue weighted by Crippen LogP contribution is 2.30. The van der Waals surface area contributed by atoms with E-state index in [0.717, 1.165) is 16.2 Å². The lowest BCUT2D eigenvalue weighted by Crippen LogP contribution is -2.02. The van der Waals surface area contributed by atoms with Crippen LogP contribution in [0.25, 0.3) is 21.5 Å². The molecule has 0 radical (unpaired) electrons. The summed E-state index contributed by atoms with van der Waals surface area (Å²) < 4.78 is 32.5. The zero-order valence-corrected chi connectivity index (χ0v) is 11.8. The molecular weight excluding hydrogens is 274 g/mol. The monoisotopic (exact) mass is 289 g/mol. The minimum absolute atomic E-state index is 0. The van der Waals surface area contributed by atoms with Gasteiger partial charge in [-0.25, -0.2) is 0 Å². The van der Waals surface area contributed by atoms with Crippen molar-refractivity contribution in [3.05, 3.63) is 54.1 Å². The second-order valence-corrected chi connectivity index (χ2v) is 5.97. The lowest BCUT2D eigenvalue weighted by atomic mass is 10.0. The van der Waals surface area contributed by atoms with Gasteiger partial charge in [0.15, 0.2) is 0 Å². The fourth-order valence-corrected chi connectivity index (χ4v) is 3.37. The van der Waals surface area contributed by atoms with Crippen LogP contribution in [0.5, 0.6) is 0 Å². The standard InChI is InChI=1S/C15H12O3S.H3N/c1-10-6-7-13-8-11-4-2-3-5-12(11)9-14(13)15(10)19(16,17)18;/h2-9H,1H3,(H,16,17,18);1H3. The minimum Gasteiger partial charge on any atom is -0.344 e. The van der Waals surface area contributed by atoms with Gasteiger partial charge in [-0.2, -0.15) is 8.42 Å². The van der Waals surface area contributed by atoms with Gasteiger partial charge >= 0.3 is 0 Å². The summed E-state index contributed by atoms with van der Waals surface area (Å²) in [4.78, 5) is -0.00393. The average Bonchev–Trinajstić information content (AvgIpc) is 2.34. The van der Waals surface area contributed by atoms with Gasteiger partial charge in [-0.15, -0.1) is 0 Å². The van der Waals surface area contributed by atoms with Gasteiger partial charge in [0.25, 0.3) is 10.1 Å². The fourth-order valence-electron chi connectivity index (χ4n) is 2.44. The Bertz CT molecular complexity index is 902. The number of fused-ring (bicyclic) bond motifs is 2. The van der Waals surface area contributed by atoms with Crippen molar-refractivity contribution in [3.8, 4) is 0 Å². The first-order chi connectivity index (χ1) is 8.97. The van der Waals surface area contributed by atoms with Crippen LogP contribution in [0.2, 0.25) is 0 Å². The van der Waals surface area contributed by atoms with Crippen molar-refractivity contribution in [1.82, 2.24) is 6.15 Å². The zero-order chi connectivity index (χ0) is 13.6. The Labute approximate surface area is 117 Å². The quantitative estimate of drug-likeness (QED) is 0.528. The Morgan fingerprint density at radius 3 is 2.10 bits per heavy atom. The topological polar surface area (TPSA) is 89.4 Å². The third-order valence-electron chi connectivity index (χ3n) is 3.29. The van der Waals surface area contributed by atoms with Gasteiger partial charge < -0.3 is 6.15 Å². The third-order valence-corrected chi connectivity index (χ3v) is 4.35. The van der Waals surface area contributed by atoms with Crippen LogP contribution in [0.1, 0.15) is 5.56 Å². The molecule has 0 bridgehead atoms. The summed E-state index contributed by atoms with van der Waals surface area (Å²) in [5, 5.41) is 3.35. The maximum Gasteiger partial charge on any atom is 0.295 e. The van der Waals surface area contributed by atoms with Gasteiger partial charge in [-0.3, -0.25) is 4.55 Å². The molecule has 3 rings (SSSR count). The fraction of sp³-hybridized carbons (Fsp3) is 0.0667. The normalized spacial score (nSPS) is 11.5. The first kappa shape index (κ1) is 14.5. The smallest absolute Gasteiger partial charge is 0.295 e. The molecule has 4 nitrogen and oxygen atoms in total. The third kappa shape index (κ3) is 2.27. The molecule has 104 valence electrons. The predicted molar refractivity (Wildman–Crippen MR) is 81.0 cm³/mol. The van der Waals surface area contributed by atoms with Crippen molar-refractivity contribution in [1.29, 1.82) is 0 Å². The van der Waals surface area contributed by atoms with E-state index in [1.54, 1.807) is 19.1 Å². The second-order valence-electron chi connectivity index (χ2n) is 4.61. The molecule has 0 fully saturated rings. The summed E-state index contributed by atoms with van der Waals surface area (Å²) in [5.74, 6) is 0. The summed E-state index contributed by atoms with van der Waals surface area (Å²) >= 11 is 0. The van der Waals surface area contributed by atoms with E-state index in [1.165, 1.54) is 0 Å². The number of hydrogen-bond acceptors (Lipinski definition) is 3. The molecule has 3 aromatic rings. The molecule has 0 heterocycles. The van der Waals surface area contributed by atoms with E-state index in [4.69, 9.17) is 0 Å². The zero-order valence-electron chi connectivity index (χ0n) is 11.0. The van der Waals surface area contributed by atoms with Gasteiger partial charge in [0.05, 0.1) is 0 Å². The maximum absolute atomic E-state index is 11.6. The molecule has 5 heteroatoms. The molecule has 0 atom stereocenters. The van der Waals surface area contributed by atoms with Gasteiger partial charge in [0, 0.05) is 5.39 Å². The summed E-state index contributed by atoms with van der Waals surface area (Å²) in [6, 6.07) is 15.0. The van der Waals surface area contributed by atoms with Crippen LogP contribution in [0, 0.1) is 6.92 Å². The summed E-state index contributed by atoms with van der Waals surface area (Å²) in [6.45, 7) is 1.68. The molecule has 0 saturated heterocycles.